The van der Waals surface area contributed by atoms with Crippen molar-refractivity contribution in [3.05, 3.63) is 100 Å². The minimum atomic E-state index is -0.373. The van der Waals surface area contributed by atoms with Crippen molar-refractivity contribution in [2.45, 2.75) is 25.4 Å². The van der Waals surface area contributed by atoms with E-state index in [-0.39, 0.29) is 30.0 Å². The maximum Gasteiger partial charge on any atom is 0.223 e. The summed E-state index contributed by atoms with van der Waals surface area (Å²) in [5.74, 6) is -0.0650. The molecular weight excluding hydrogens is 432 g/mol. The number of imidazole rings is 1. The van der Waals surface area contributed by atoms with E-state index in [9.17, 15) is 13.6 Å². The quantitative estimate of drug-likeness (QED) is 0.400. The number of para-hydroxylation sites is 2. The molecule has 0 bridgehead atoms. The van der Waals surface area contributed by atoms with Crippen LogP contribution in [0.15, 0.2) is 66.7 Å². The van der Waals surface area contributed by atoms with Crippen molar-refractivity contribution in [2.24, 2.45) is 0 Å². The summed E-state index contributed by atoms with van der Waals surface area (Å²) in [4.78, 5) is 19.3. The number of rotatable bonds is 5. The number of carbonyl (C=O) groups is 1. The summed E-state index contributed by atoms with van der Waals surface area (Å²) in [6.45, 7) is 1.13. The Morgan fingerprint density at radius 2 is 1.75 bits per heavy atom. The molecule has 0 aliphatic carbocycles. The molecule has 162 valence electrons. The van der Waals surface area contributed by atoms with Gasteiger partial charge in [0.1, 0.15) is 17.5 Å². The molecule has 7 heteroatoms. The number of aromatic nitrogens is 2. The zero-order valence-electron chi connectivity index (χ0n) is 17.1. The van der Waals surface area contributed by atoms with Gasteiger partial charge in [0.25, 0.3) is 0 Å². The second kappa shape index (κ2) is 8.36. The Bertz CT molecular complexity index is 1280. The summed E-state index contributed by atoms with van der Waals surface area (Å²) >= 11 is 6.29. The molecule has 4 aromatic rings. The first-order valence-corrected chi connectivity index (χ1v) is 10.8. The average molecular weight is 452 g/mol. The molecule has 1 saturated heterocycles. The standard InChI is InChI=1S/C25H20ClF2N3O/c26-20-4-3-5-21(28)19(20)15-31-23-7-2-1-6-22(23)29-25(31)17-12-24(32)30(14-17)13-16-8-10-18(27)11-9-16/h1-11,17H,12-15H2/t17-/m0/s1. The molecule has 4 nitrogen and oxygen atoms in total. The summed E-state index contributed by atoms with van der Waals surface area (Å²) < 4.78 is 29.7. The fourth-order valence-corrected chi connectivity index (χ4v) is 4.54. The van der Waals surface area contributed by atoms with Gasteiger partial charge in [0.2, 0.25) is 5.91 Å². The zero-order chi connectivity index (χ0) is 22.2. The third-order valence-electron chi connectivity index (χ3n) is 5.93. The Morgan fingerprint density at radius 3 is 2.53 bits per heavy atom. The lowest BCUT2D eigenvalue weighted by Gasteiger charge is -2.18. The van der Waals surface area contributed by atoms with Crippen molar-refractivity contribution in [1.82, 2.24) is 14.5 Å². The number of benzene rings is 3. The van der Waals surface area contributed by atoms with Gasteiger partial charge < -0.3 is 9.47 Å². The van der Waals surface area contributed by atoms with E-state index in [0.29, 0.717) is 30.1 Å². The highest BCUT2D eigenvalue weighted by Gasteiger charge is 2.34. The van der Waals surface area contributed by atoms with Gasteiger partial charge >= 0.3 is 0 Å². The van der Waals surface area contributed by atoms with Gasteiger partial charge in [0.15, 0.2) is 0 Å². The number of fused-ring (bicyclic) bond motifs is 1. The Hall–Kier alpha value is -3.25. The Labute approximate surface area is 189 Å². The highest BCUT2D eigenvalue weighted by molar-refractivity contribution is 6.31. The van der Waals surface area contributed by atoms with Crippen molar-refractivity contribution < 1.29 is 13.6 Å². The van der Waals surface area contributed by atoms with Crippen LogP contribution >= 0.6 is 11.6 Å². The van der Waals surface area contributed by atoms with Crippen molar-refractivity contribution >= 4 is 28.5 Å². The summed E-state index contributed by atoms with van der Waals surface area (Å²) in [5, 5.41) is 0.356. The summed E-state index contributed by atoms with van der Waals surface area (Å²) in [5.41, 5.74) is 2.92. The number of amides is 1. The lowest BCUT2D eigenvalue weighted by atomic mass is 10.1. The summed E-state index contributed by atoms with van der Waals surface area (Å²) in [7, 11) is 0. The van der Waals surface area contributed by atoms with Gasteiger partial charge in [-0.1, -0.05) is 41.9 Å². The van der Waals surface area contributed by atoms with Crippen LogP contribution in [-0.4, -0.2) is 26.9 Å². The van der Waals surface area contributed by atoms with Gasteiger partial charge in [-0.25, -0.2) is 13.8 Å². The second-order valence-electron chi connectivity index (χ2n) is 8.05. The van der Waals surface area contributed by atoms with Gasteiger partial charge in [-0.3, -0.25) is 4.79 Å². The van der Waals surface area contributed by atoms with Crippen LogP contribution in [0.4, 0.5) is 8.78 Å². The van der Waals surface area contributed by atoms with Crippen molar-refractivity contribution in [2.75, 3.05) is 6.54 Å². The Morgan fingerprint density at radius 1 is 0.969 bits per heavy atom. The molecule has 1 amide bonds. The van der Waals surface area contributed by atoms with Crippen LogP contribution in [0.3, 0.4) is 0 Å². The minimum Gasteiger partial charge on any atom is -0.338 e. The number of halogens is 3. The van der Waals surface area contributed by atoms with Crippen LogP contribution in [-0.2, 0) is 17.9 Å². The topological polar surface area (TPSA) is 38.1 Å². The van der Waals surface area contributed by atoms with E-state index >= 15 is 0 Å². The lowest BCUT2D eigenvalue weighted by molar-refractivity contribution is -0.128. The first-order chi connectivity index (χ1) is 15.5. The number of hydrogen-bond acceptors (Lipinski definition) is 2. The maximum atomic E-state index is 14.5. The molecule has 2 heterocycles. The van der Waals surface area contributed by atoms with E-state index in [1.165, 1.54) is 18.2 Å². The first kappa shape index (κ1) is 20.6. The monoisotopic (exact) mass is 451 g/mol. The molecule has 1 atom stereocenters. The molecule has 0 unspecified atom stereocenters. The number of likely N-dealkylation sites (tertiary alicyclic amines) is 1. The largest absolute Gasteiger partial charge is 0.338 e. The summed E-state index contributed by atoms with van der Waals surface area (Å²) in [6, 6.07) is 18.5. The van der Waals surface area contributed by atoms with Gasteiger partial charge in [-0.2, -0.15) is 0 Å². The molecule has 1 aromatic heterocycles. The molecule has 3 aromatic carbocycles. The highest BCUT2D eigenvalue weighted by atomic mass is 35.5. The van der Waals surface area contributed by atoms with Gasteiger partial charge in [-0.15, -0.1) is 0 Å². The molecule has 1 aliphatic heterocycles. The van der Waals surface area contributed by atoms with Crippen LogP contribution in [0, 0.1) is 11.6 Å². The SMILES string of the molecule is O=C1C[C@H](c2nc3ccccc3n2Cc2c(F)cccc2Cl)CN1Cc1ccc(F)cc1. The van der Waals surface area contributed by atoms with E-state index in [1.54, 1.807) is 29.2 Å². The van der Waals surface area contributed by atoms with E-state index in [4.69, 9.17) is 16.6 Å². The van der Waals surface area contributed by atoms with Crippen LogP contribution in [0.2, 0.25) is 5.02 Å². The van der Waals surface area contributed by atoms with Gasteiger partial charge in [0, 0.05) is 36.0 Å². The smallest absolute Gasteiger partial charge is 0.223 e. The molecule has 32 heavy (non-hydrogen) atoms. The van der Waals surface area contributed by atoms with Crippen LogP contribution in [0.1, 0.15) is 29.3 Å². The molecular formula is C25H20ClF2N3O. The van der Waals surface area contributed by atoms with E-state index in [0.717, 1.165) is 22.4 Å². The number of carbonyl (C=O) groups excluding carboxylic acids is 1. The molecule has 0 spiro atoms. The normalized spacial score (nSPS) is 16.3. The second-order valence-corrected chi connectivity index (χ2v) is 8.45. The van der Waals surface area contributed by atoms with Crippen LogP contribution < -0.4 is 0 Å². The predicted octanol–water partition coefficient (Wildman–Crippen LogP) is 5.53. The third-order valence-corrected chi connectivity index (χ3v) is 6.28. The fourth-order valence-electron chi connectivity index (χ4n) is 4.32. The predicted molar refractivity (Wildman–Crippen MR) is 119 cm³/mol. The average Bonchev–Trinajstić information content (AvgIpc) is 3.33. The Kier molecular flexibility index (Phi) is 5.39. The van der Waals surface area contributed by atoms with Crippen molar-refractivity contribution in [3.63, 3.8) is 0 Å². The van der Waals surface area contributed by atoms with Gasteiger partial charge in [0.05, 0.1) is 17.6 Å². The highest BCUT2D eigenvalue weighted by Crippen LogP contribution is 2.33. The molecule has 0 radical (unpaired) electrons. The zero-order valence-corrected chi connectivity index (χ0v) is 17.9. The lowest BCUT2D eigenvalue weighted by Crippen LogP contribution is -2.24. The van der Waals surface area contributed by atoms with Crippen LogP contribution in [0.25, 0.3) is 11.0 Å². The summed E-state index contributed by atoms with van der Waals surface area (Å²) in [6.07, 6.45) is 0.315. The third kappa shape index (κ3) is 3.86. The maximum absolute atomic E-state index is 14.5. The van der Waals surface area contributed by atoms with E-state index in [1.807, 2.05) is 28.8 Å². The molecule has 0 N–H and O–H groups in total. The molecule has 1 aliphatic rings. The van der Waals surface area contributed by atoms with E-state index < -0.39 is 0 Å². The minimum absolute atomic E-state index is 0.0156. The molecule has 5 rings (SSSR count). The van der Waals surface area contributed by atoms with Crippen LogP contribution in [0.5, 0.6) is 0 Å². The molecule has 0 saturated carbocycles. The van der Waals surface area contributed by atoms with Gasteiger partial charge in [-0.05, 0) is 42.0 Å². The van der Waals surface area contributed by atoms with E-state index in [2.05, 4.69) is 0 Å². The number of nitrogens with zero attached hydrogens (tertiary/aromatic N) is 3. The van der Waals surface area contributed by atoms with Crippen molar-refractivity contribution in [1.29, 1.82) is 0 Å². The Balaban J connectivity index is 1.48. The molecule has 1 fully saturated rings. The fraction of sp³-hybridized carbons (Fsp3) is 0.200. The van der Waals surface area contributed by atoms with Crippen molar-refractivity contribution in [3.8, 4) is 0 Å². The number of hydrogen-bond donors (Lipinski definition) is 0. The first-order valence-electron chi connectivity index (χ1n) is 10.4.